The van der Waals surface area contributed by atoms with Gasteiger partial charge in [0.15, 0.2) is 5.82 Å². The number of nitrogens with one attached hydrogen (secondary N) is 1. The van der Waals surface area contributed by atoms with E-state index in [4.69, 9.17) is 18.9 Å². The van der Waals surface area contributed by atoms with Crippen molar-refractivity contribution in [2.24, 2.45) is 0 Å². The zero-order valence-electron chi connectivity index (χ0n) is 21.7. The predicted molar refractivity (Wildman–Crippen MR) is 127 cm³/mol. The summed E-state index contributed by atoms with van der Waals surface area (Å²) < 4.78 is 21.5. The van der Waals surface area contributed by atoms with Crippen LogP contribution in [0.15, 0.2) is 18.2 Å². The molecule has 0 saturated heterocycles. The summed E-state index contributed by atoms with van der Waals surface area (Å²) in [6.07, 6.45) is -2.90. The number of aromatic nitrogens is 2. The predicted octanol–water partition coefficient (Wildman–Crippen LogP) is 5.46. The van der Waals surface area contributed by atoms with Crippen LogP contribution in [0.25, 0.3) is 0 Å². The Balaban J connectivity index is 3.51. The Bertz CT molecular complexity index is 897. The van der Waals surface area contributed by atoms with Gasteiger partial charge in [-0.25, -0.2) is 14.4 Å². The molecular weight excluding hydrogens is 444 g/mol. The van der Waals surface area contributed by atoms with E-state index in [-0.39, 0.29) is 24.3 Å². The number of imide groups is 1. The highest BCUT2D eigenvalue weighted by Crippen LogP contribution is 2.25. The number of amides is 3. The lowest BCUT2D eigenvalue weighted by molar-refractivity contribution is 0.0428. The van der Waals surface area contributed by atoms with Crippen molar-refractivity contribution in [2.75, 3.05) is 16.8 Å². The Morgan fingerprint density at radius 3 is 1.76 bits per heavy atom. The molecule has 1 aromatic rings. The van der Waals surface area contributed by atoms with Crippen LogP contribution in [0.2, 0.25) is 0 Å². The first-order valence-corrected chi connectivity index (χ1v) is 10.7. The van der Waals surface area contributed by atoms with Crippen molar-refractivity contribution in [3.8, 4) is 5.88 Å². The van der Waals surface area contributed by atoms with Crippen molar-refractivity contribution in [3.63, 3.8) is 0 Å². The van der Waals surface area contributed by atoms with Gasteiger partial charge < -0.3 is 18.9 Å². The van der Waals surface area contributed by atoms with Crippen LogP contribution in [0, 0.1) is 0 Å². The average Bonchev–Trinajstić information content (AvgIpc) is 2.54. The van der Waals surface area contributed by atoms with Crippen molar-refractivity contribution in [1.29, 1.82) is 0 Å². The van der Waals surface area contributed by atoms with E-state index in [1.807, 2.05) is 0 Å². The number of hydrogen-bond donors (Lipinski definition) is 1. The average molecular weight is 481 g/mol. The molecule has 1 N–H and O–H groups in total. The number of rotatable bonds is 5. The summed E-state index contributed by atoms with van der Waals surface area (Å²) in [4.78, 5) is 47.0. The van der Waals surface area contributed by atoms with E-state index in [9.17, 15) is 14.4 Å². The Labute approximate surface area is 200 Å². The maximum absolute atomic E-state index is 13.0. The molecule has 1 heterocycles. The molecule has 0 radical (unpaired) electrons. The Hall–Kier alpha value is -3.37. The fraction of sp³-hybridized carbons (Fsp3) is 0.609. The SMILES string of the molecule is C=C(C)COc1cc(N(C(=O)OC(C)(C)C)C(=O)OC(C)(C)C)nc(NC(=O)OC(C)(C)C)n1. The second-order valence-corrected chi connectivity index (χ2v) is 10.6. The quantitative estimate of drug-likeness (QED) is 0.431. The van der Waals surface area contributed by atoms with E-state index in [0.717, 1.165) is 0 Å². The third kappa shape index (κ3) is 11.0. The minimum absolute atomic E-state index is 0.0313. The molecule has 0 aliphatic carbocycles. The fourth-order valence-corrected chi connectivity index (χ4v) is 2.13. The second kappa shape index (κ2) is 10.7. The molecule has 34 heavy (non-hydrogen) atoms. The van der Waals surface area contributed by atoms with Crippen LogP contribution >= 0.6 is 0 Å². The van der Waals surface area contributed by atoms with Gasteiger partial charge in [-0.2, -0.15) is 14.9 Å². The molecule has 1 aromatic heterocycles. The number of anilines is 2. The minimum atomic E-state index is -1.03. The zero-order chi connectivity index (χ0) is 26.5. The molecule has 0 atom stereocenters. The molecule has 0 bridgehead atoms. The lowest BCUT2D eigenvalue weighted by atomic mass is 10.2. The van der Waals surface area contributed by atoms with Gasteiger partial charge in [0.25, 0.3) is 0 Å². The van der Waals surface area contributed by atoms with Gasteiger partial charge in [0.1, 0.15) is 23.4 Å². The van der Waals surface area contributed by atoms with Crippen molar-refractivity contribution in [1.82, 2.24) is 9.97 Å². The second-order valence-electron chi connectivity index (χ2n) is 10.6. The molecule has 0 spiro atoms. The third-order valence-electron chi connectivity index (χ3n) is 3.15. The highest BCUT2D eigenvalue weighted by atomic mass is 16.6. The van der Waals surface area contributed by atoms with Crippen LogP contribution in [0.1, 0.15) is 69.2 Å². The summed E-state index contributed by atoms with van der Waals surface area (Å²) in [6.45, 7) is 20.6. The van der Waals surface area contributed by atoms with Gasteiger partial charge in [-0.05, 0) is 74.8 Å². The van der Waals surface area contributed by atoms with Gasteiger partial charge in [0.05, 0.1) is 0 Å². The maximum Gasteiger partial charge on any atom is 0.425 e. The van der Waals surface area contributed by atoms with Gasteiger partial charge in [0, 0.05) is 6.07 Å². The standard InChI is InChI=1S/C23H36N4O7/c1-14(2)13-31-16-12-15(24-17(25-16)26-18(28)32-21(3,4)5)27(19(29)33-22(6,7)8)20(30)34-23(9,10)11/h12H,1,13H2,2-11H3,(H,24,25,26,28). The van der Waals surface area contributed by atoms with Crippen molar-refractivity contribution >= 4 is 30.0 Å². The van der Waals surface area contributed by atoms with Gasteiger partial charge in [-0.3, -0.25) is 5.32 Å². The van der Waals surface area contributed by atoms with Crippen LogP contribution < -0.4 is 15.0 Å². The highest BCUT2D eigenvalue weighted by molar-refractivity contribution is 6.09. The van der Waals surface area contributed by atoms with E-state index in [2.05, 4.69) is 21.9 Å². The van der Waals surface area contributed by atoms with Crippen LogP contribution in [0.3, 0.4) is 0 Å². The summed E-state index contributed by atoms with van der Waals surface area (Å²) >= 11 is 0. The third-order valence-corrected chi connectivity index (χ3v) is 3.15. The first kappa shape index (κ1) is 28.7. The molecule has 11 heteroatoms. The molecule has 0 aliphatic rings. The first-order chi connectivity index (χ1) is 15.3. The summed E-state index contributed by atoms with van der Waals surface area (Å²) in [6, 6.07) is 1.25. The summed E-state index contributed by atoms with van der Waals surface area (Å²) in [5, 5.41) is 2.38. The fourth-order valence-electron chi connectivity index (χ4n) is 2.13. The molecule has 0 aromatic carbocycles. The van der Waals surface area contributed by atoms with Crippen molar-refractivity contribution in [2.45, 2.75) is 86.0 Å². The van der Waals surface area contributed by atoms with Crippen LogP contribution in [0.5, 0.6) is 5.88 Å². The van der Waals surface area contributed by atoms with Gasteiger partial charge in [0.2, 0.25) is 11.8 Å². The molecule has 0 fully saturated rings. The number of nitrogens with zero attached hydrogens (tertiary/aromatic N) is 3. The van der Waals surface area contributed by atoms with Crippen LogP contribution in [-0.4, -0.2) is 51.7 Å². The molecular formula is C23H36N4O7. The van der Waals surface area contributed by atoms with E-state index < -0.39 is 35.1 Å². The summed E-state index contributed by atoms with van der Waals surface area (Å²) in [5.74, 6) is -0.530. The molecule has 190 valence electrons. The van der Waals surface area contributed by atoms with E-state index in [0.29, 0.717) is 10.5 Å². The van der Waals surface area contributed by atoms with Gasteiger partial charge in [-0.15, -0.1) is 0 Å². The zero-order valence-corrected chi connectivity index (χ0v) is 21.7. The van der Waals surface area contributed by atoms with Crippen molar-refractivity contribution < 1.29 is 33.3 Å². The lowest BCUT2D eigenvalue weighted by Crippen LogP contribution is -2.44. The normalized spacial score (nSPS) is 11.8. The molecule has 3 amide bonds. The highest BCUT2D eigenvalue weighted by Gasteiger charge is 2.34. The molecule has 11 nitrogen and oxygen atoms in total. The lowest BCUT2D eigenvalue weighted by Gasteiger charge is -2.28. The Morgan fingerprint density at radius 2 is 1.35 bits per heavy atom. The minimum Gasteiger partial charge on any atom is -0.473 e. The molecule has 0 aliphatic heterocycles. The molecule has 0 unspecified atom stereocenters. The Kier molecular flexibility index (Phi) is 9.03. The van der Waals surface area contributed by atoms with Crippen molar-refractivity contribution in [3.05, 3.63) is 18.2 Å². The summed E-state index contributed by atoms with van der Waals surface area (Å²) in [5.41, 5.74) is -1.92. The monoisotopic (exact) mass is 480 g/mol. The number of carbonyl (C=O) groups is 3. The maximum atomic E-state index is 13.0. The van der Waals surface area contributed by atoms with E-state index in [1.54, 1.807) is 69.2 Å². The van der Waals surface area contributed by atoms with E-state index >= 15 is 0 Å². The largest absolute Gasteiger partial charge is 0.473 e. The number of hydrogen-bond acceptors (Lipinski definition) is 9. The summed E-state index contributed by atoms with van der Waals surface area (Å²) in [7, 11) is 0. The number of ether oxygens (including phenoxy) is 4. The first-order valence-electron chi connectivity index (χ1n) is 10.7. The van der Waals surface area contributed by atoms with Crippen LogP contribution in [-0.2, 0) is 14.2 Å². The van der Waals surface area contributed by atoms with Gasteiger partial charge >= 0.3 is 18.3 Å². The smallest absolute Gasteiger partial charge is 0.425 e. The van der Waals surface area contributed by atoms with E-state index in [1.165, 1.54) is 6.07 Å². The topological polar surface area (TPSA) is 129 Å². The van der Waals surface area contributed by atoms with Gasteiger partial charge in [-0.1, -0.05) is 6.58 Å². The van der Waals surface area contributed by atoms with Crippen LogP contribution in [0.4, 0.5) is 26.1 Å². The Morgan fingerprint density at radius 1 is 0.882 bits per heavy atom. The number of carbonyl (C=O) groups excluding carboxylic acids is 3. The molecule has 1 rings (SSSR count). The molecule has 0 saturated carbocycles.